The second-order valence-electron chi connectivity index (χ2n) is 6.58. The van der Waals surface area contributed by atoms with E-state index in [1.165, 1.54) is 5.56 Å². The number of halogens is 1. The third-order valence-corrected chi connectivity index (χ3v) is 4.39. The van der Waals surface area contributed by atoms with Crippen LogP contribution in [0.15, 0.2) is 23.2 Å². The second kappa shape index (κ2) is 10.9. The van der Waals surface area contributed by atoms with E-state index in [0.717, 1.165) is 56.2 Å². The Labute approximate surface area is 169 Å². The van der Waals surface area contributed by atoms with Crippen LogP contribution in [0.25, 0.3) is 0 Å². The summed E-state index contributed by atoms with van der Waals surface area (Å²) in [5, 5.41) is 6.71. The Morgan fingerprint density at radius 2 is 2.16 bits per heavy atom. The van der Waals surface area contributed by atoms with Crippen LogP contribution in [0.4, 0.5) is 0 Å². The zero-order valence-electron chi connectivity index (χ0n) is 15.9. The normalized spacial score (nSPS) is 20.1. The zero-order chi connectivity index (χ0) is 17.4. The third-order valence-electron chi connectivity index (χ3n) is 4.39. The second-order valence-corrected chi connectivity index (χ2v) is 6.58. The fourth-order valence-corrected chi connectivity index (χ4v) is 2.89. The van der Waals surface area contributed by atoms with Gasteiger partial charge in [-0.15, -0.1) is 24.0 Å². The fraction of sp³-hybridized carbons (Fsp3) is 0.632. The van der Waals surface area contributed by atoms with Crippen molar-refractivity contribution in [2.45, 2.75) is 45.6 Å². The van der Waals surface area contributed by atoms with Gasteiger partial charge in [-0.3, -0.25) is 4.99 Å². The first-order valence-corrected chi connectivity index (χ1v) is 8.86. The molecule has 0 aliphatic carbocycles. The first-order chi connectivity index (χ1) is 11.6. The summed E-state index contributed by atoms with van der Waals surface area (Å²) in [6.07, 6.45) is 3.14. The van der Waals surface area contributed by atoms with Gasteiger partial charge in [0.05, 0.1) is 19.3 Å². The molecule has 1 aromatic carbocycles. The molecule has 1 fully saturated rings. The van der Waals surface area contributed by atoms with Crippen LogP contribution in [0.5, 0.6) is 5.75 Å². The summed E-state index contributed by atoms with van der Waals surface area (Å²) in [4.78, 5) is 4.69. The third kappa shape index (κ3) is 7.01. The van der Waals surface area contributed by atoms with Gasteiger partial charge < -0.3 is 20.1 Å². The Morgan fingerprint density at radius 3 is 2.80 bits per heavy atom. The summed E-state index contributed by atoms with van der Waals surface area (Å²) in [6.45, 7) is 9.51. The maximum atomic E-state index is 5.80. The van der Waals surface area contributed by atoms with Crippen LogP contribution in [0, 0.1) is 6.92 Å². The van der Waals surface area contributed by atoms with E-state index in [-0.39, 0.29) is 29.6 Å². The summed E-state index contributed by atoms with van der Waals surface area (Å²) >= 11 is 0. The van der Waals surface area contributed by atoms with Gasteiger partial charge in [-0.1, -0.05) is 12.1 Å². The van der Waals surface area contributed by atoms with Crippen LogP contribution < -0.4 is 15.4 Å². The van der Waals surface area contributed by atoms with Crippen molar-refractivity contribution in [3.8, 4) is 5.75 Å². The SMILES string of the molecule is CCNC(=NCC1(C)CCCO1)NCCc1ccc(C)c(OC)c1.I. The highest BCUT2D eigenvalue weighted by Gasteiger charge is 2.29. The summed E-state index contributed by atoms with van der Waals surface area (Å²) in [6, 6.07) is 6.36. The predicted molar refractivity (Wildman–Crippen MR) is 114 cm³/mol. The lowest BCUT2D eigenvalue weighted by Crippen LogP contribution is -2.40. The van der Waals surface area contributed by atoms with Gasteiger partial charge >= 0.3 is 0 Å². The molecule has 1 atom stereocenters. The fourth-order valence-electron chi connectivity index (χ4n) is 2.89. The van der Waals surface area contributed by atoms with Crippen molar-refractivity contribution in [2.24, 2.45) is 4.99 Å². The average Bonchev–Trinajstić information content (AvgIpc) is 3.01. The number of nitrogens with zero attached hydrogens (tertiary/aromatic N) is 1. The van der Waals surface area contributed by atoms with Gasteiger partial charge in [-0.2, -0.15) is 0 Å². The van der Waals surface area contributed by atoms with Gasteiger partial charge in [0.1, 0.15) is 5.75 Å². The molecule has 5 nitrogen and oxygen atoms in total. The number of nitrogens with one attached hydrogen (secondary N) is 2. The largest absolute Gasteiger partial charge is 0.496 e. The Bertz CT molecular complexity index is 558. The van der Waals surface area contributed by atoms with Crippen LogP contribution in [-0.4, -0.2) is 44.9 Å². The van der Waals surface area contributed by atoms with Gasteiger partial charge in [-0.25, -0.2) is 0 Å². The predicted octanol–water partition coefficient (Wildman–Crippen LogP) is 3.29. The molecule has 1 aliphatic heterocycles. The smallest absolute Gasteiger partial charge is 0.191 e. The number of benzene rings is 1. The Hall–Kier alpha value is -1.02. The van der Waals surface area contributed by atoms with Crippen LogP contribution in [0.1, 0.15) is 37.8 Å². The van der Waals surface area contributed by atoms with E-state index in [1.54, 1.807) is 7.11 Å². The molecule has 0 aromatic heterocycles. The quantitative estimate of drug-likeness (QED) is 0.372. The molecule has 2 N–H and O–H groups in total. The van der Waals surface area contributed by atoms with E-state index in [2.05, 4.69) is 49.6 Å². The van der Waals surface area contributed by atoms with Crippen LogP contribution in [0.3, 0.4) is 0 Å². The van der Waals surface area contributed by atoms with Crippen molar-refractivity contribution in [1.29, 1.82) is 0 Å². The molecule has 1 aliphatic rings. The van der Waals surface area contributed by atoms with E-state index < -0.39 is 0 Å². The minimum Gasteiger partial charge on any atom is -0.496 e. The molecule has 0 bridgehead atoms. The number of aryl methyl sites for hydroxylation is 1. The van der Waals surface area contributed by atoms with Crippen molar-refractivity contribution < 1.29 is 9.47 Å². The van der Waals surface area contributed by atoms with Gasteiger partial charge in [0.2, 0.25) is 0 Å². The van der Waals surface area contributed by atoms with E-state index in [4.69, 9.17) is 14.5 Å². The molecule has 1 unspecified atom stereocenters. The van der Waals surface area contributed by atoms with E-state index in [1.807, 2.05) is 0 Å². The maximum Gasteiger partial charge on any atom is 0.191 e. The van der Waals surface area contributed by atoms with E-state index >= 15 is 0 Å². The number of hydrogen-bond donors (Lipinski definition) is 2. The average molecular weight is 461 g/mol. The topological polar surface area (TPSA) is 54.9 Å². The number of aliphatic imine (C=N–C) groups is 1. The highest BCUT2D eigenvalue weighted by Crippen LogP contribution is 2.25. The van der Waals surface area contributed by atoms with Gasteiger partial charge in [-0.05, 0) is 57.2 Å². The molecule has 2 rings (SSSR count). The number of ether oxygens (including phenoxy) is 2. The zero-order valence-corrected chi connectivity index (χ0v) is 18.2. The number of methoxy groups -OCH3 is 1. The van der Waals surface area contributed by atoms with Crippen molar-refractivity contribution in [2.75, 3.05) is 33.4 Å². The highest BCUT2D eigenvalue weighted by atomic mass is 127. The minimum absolute atomic E-state index is 0. The molecule has 1 aromatic rings. The van der Waals surface area contributed by atoms with Gasteiger partial charge in [0.15, 0.2) is 5.96 Å². The first-order valence-electron chi connectivity index (χ1n) is 8.86. The molecule has 0 saturated carbocycles. The maximum absolute atomic E-state index is 5.80. The molecule has 142 valence electrons. The Kier molecular flexibility index (Phi) is 9.56. The molecule has 0 spiro atoms. The summed E-state index contributed by atoms with van der Waals surface area (Å²) in [5.41, 5.74) is 2.31. The molecule has 1 saturated heterocycles. The Balaban J connectivity index is 0.00000312. The van der Waals surface area contributed by atoms with Crippen LogP contribution in [0.2, 0.25) is 0 Å². The van der Waals surface area contributed by atoms with Crippen molar-refractivity contribution in [1.82, 2.24) is 10.6 Å². The van der Waals surface area contributed by atoms with E-state index in [9.17, 15) is 0 Å². The number of guanidine groups is 1. The molecule has 25 heavy (non-hydrogen) atoms. The molecule has 1 heterocycles. The van der Waals surface area contributed by atoms with Crippen molar-refractivity contribution >= 4 is 29.9 Å². The molecular formula is C19H32IN3O2. The minimum atomic E-state index is -0.104. The standard InChI is InChI=1S/C19H31N3O2.HI/c1-5-20-18(22-14-19(3)10-6-12-24-19)21-11-9-16-8-7-15(2)17(13-16)23-4;/h7-8,13H,5-6,9-12,14H2,1-4H3,(H2,20,21,22);1H. The Morgan fingerprint density at radius 1 is 1.36 bits per heavy atom. The first kappa shape index (κ1) is 22.0. The lowest BCUT2D eigenvalue weighted by Gasteiger charge is -2.21. The van der Waals surface area contributed by atoms with Crippen LogP contribution in [-0.2, 0) is 11.2 Å². The van der Waals surface area contributed by atoms with Crippen molar-refractivity contribution in [3.63, 3.8) is 0 Å². The lowest BCUT2D eigenvalue weighted by molar-refractivity contribution is 0.0283. The molecule has 0 radical (unpaired) electrons. The van der Waals surface area contributed by atoms with Crippen molar-refractivity contribution in [3.05, 3.63) is 29.3 Å². The summed E-state index contributed by atoms with van der Waals surface area (Å²) in [5.74, 6) is 1.80. The highest BCUT2D eigenvalue weighted by molar-refractivity contribution is 14.0. The summed E-state index contributed by atoms with van der Waals surface area (Å²) < 4.78 is 11.2. The van der Waals surface area contributed by atoms with Gasteiger partial charge in [0, 0.05) is 19.7 Å². The number of hydrogen-bond acceptors (Lipinski definition) is 3. The summed E-state index contributed by atoms with van der Waals surface area (Å²) in [7, 11) is 1.71. The lowest BCUT2D eigenvalue weighted by atomic mass is 10.0. The van der Waals surface area contributed by atoms with Crippen LogP contribution >= 0.6 is 24.0 Å². The van der Waals surface area contributed by atoms with E-state index in [0.29, 0.717) is 6.54 Å². The number of rotatable bonds is 7. The monoisotopic (exact) mass is 461 g/mol. The molecule has 6 heteroatoms. The van der Waals surface area contributed by atoms with Gasteiger partial charge in [0.25, 0.3) is 0 Å². The molecule has 0 amide bonds. The molecular weight excluding hydrogens is 429 g/mol.